The maximum Gasteiger partial charge on any atom is 0.236 e. The van der Waals surface area contributed by atoms with E-state index in [2.05, 4.69) is 0 Å². The molecule has 0 N–H and O–H groups in total. The third kappa shape index (κ3) is 9.42. The monoisotopic (exact) mass is 271 g/mol. The average Bonchev–Trinajstić information content (AvgIpc) is 2.41. The summed E-state index contributed by atoms with van der Waals surface area (Å²) in [5.74, 6) is 0.0313. The van der Waals surface area contributed by atoms with E-state index in [4.69, 9.17) is 14.7 Å². The minimum atomic E-state index is 0.0313. The normalized spacial score (nSPS) is 10.5. The van der Waals surface area contributed by atoms with Gasteiger partial charge in [-0.2, -0.15) is 5.26 Å². The van der Waals surface area contributed by atoms with Gasteiger partial charge in [0, 0.05) is 47.5 Å². The number of amides is 1. The van der Waals surface area contributed by atoms with Crippen molar-refractivity contribution in [3.05, 3.63) is 0 Å². The number of methoxy groups -OCH3 is 2. The molecule has 0 aromatic heterocycles. The second-order valence-electron chi connectivity index (χ2n) is 4.34. The van der Waals surface area contributed by atoms with Crippen molar-refractivity contribution in [2.45, 2.75) is 12.8 Å². The fourth-order valence-electron chi connectivity index (χ4n) is 1.58. The molecule has 19 heavy (non-hydrogen) atoms. The summed E-state index contributed by atoms with van der Waals surface area (Å²) < 4.78 is 10.1. The van der Waals surface area contributed by atoms with Gasteiger partial charge in [-0.05, 0) is 6.42 Å². The maximum absolute atomic E-state index is 12.0. The Hall–Kier alpha value is -1.16. The lowest BCUT2D eigenvalue weighted by Gasteiger charge is -2.24. The molecule has 0 fully saturated rings. The van der Waals surface area contributed by atoms with Crippen molar-refractivity contribution in [3.8, 4) is 6.07 Å². The van der Waals surface area contributed by atoms with Crippen molar-refractivity contribution in [2.75, 3.05) is 60.7 Å². The van der Waals surface area contributed by atoms with Gasteiger partial charge >= 0.3 is 0 Å². The fourth-order valence-corrected chi connectivity index (χ4v) is 1.58. The van der Waals surface area contributed by atoms with Crippen LogP contribution in [0.25, 0.3) is 0 Å². The Balaban J connectivity index is 4.12. The number of carbonyl (C=O) groups is 1. The standard InChI is InChI=1S/C13H25N3O3/c1-15(7-4-6-14)13(17)12-16(9-11-19-3)8-5-10-18-2/h4-5,7-12H2,1-3H3. The van der Waals surface area contributed by atoms with Gasteiger partial charge in [-0.3, -0.25) is 9.69 Å². The van der Waals surface area contributed by atoms with Gasteiger partial charge in [-0.25, -0.2) is 0 Å². The predicted molar refractivity (Wildman–Crippen MR) is 72.7 cm³/mol. The number of nitrogens with zero attached hydrogens (tertiary/aromatic N) is 3. The lowest BCUT2D eigenvalue weighted by Crippen LogP contribution is -2.40. The van der Waals surface area contributed by atoms with Crippen molar-refractivity contribution < 1.29 is 14.3 Å². The number of rotatable bonds is 11. The molecule has 0 aliphatic heterocycles. The van der Waals surface area contributed by atoms with Gasteiger partial charge in [0.15, 0.2) is 0 Å². The van der Waals surface area contributed by atoms with Gasteiger partial charge in [-0.1, -0.05) is 0 Å². The van der Waals surface area contributed by atoms with Crippen molar-refractivity contribution in [3.63, 3.8) is 0 Å². The van der Waals surface area contributed by atoms with Crippen LogP contribution in [0.5, 0.6) is 0 Å². The van der Waals surface area contributed by atoms with E-state index in [1.54, 1.807) is 26.2 Å². The number of hydrogen-bond acceptors (Lipinski definition) is 5. The van der Waals surface area contributed by atoms with E-state index >= 15 is 0 Å². The van der Waals surface area contributed by atoms with Crippen LogP contribution in [0.4, 0.5) is 0 Å². The van der Waals surface area contributed by atoms with Crippen LogP contribution >= 0.6 is 0 Å². The topological polar surface area (TPSA) is 65.8 Å². The molecule has 0 rings (SSSR count). The Labute approximate surface area is 115 Å². The minimum absolute atomic E-state index is 0.0313. The lowest BCUT2D eigenvalue weighted by atomic mass is 10.3. The van der Waals surface area contributed by atoms with E-state index in [-0.39, 0.29) is 5.91 Å². The molecular weight excluding hydrogens is 246 g/mol. The van der Waals surface area contributed by atoms with Gasteiger partial charge in [0.1, 0.15) is 0 Å². The van der Waals surface area contributed by atoms with Crippen LogP contribution in [-0.2, 0) is 14.3 Å². The molecule has 0 spiro atoms. The van der Waals surface area contributed by atoms with Gasteiger partial charge < -0.3 is 14.4 Å². The van der Waals surface area contributed by atoms with Gasteiger partial charge in [0.25, 0.3) is 0 Å². The highest BCUT2D eigenvalue weighted by Gasteiger charge is 2.13. The molecule has 0 bridgehead atoms. The van der Waals surface area contributed by atoms with Crippen LogP contribution in [0.1, 0.15) is 12.8 Å². The van der Waals surface area contributed by atoms with Gasteiger partial charge in [0.05, 0.1) is 25.6 Å². The van der Waals surface area contributed by atoms with E-state index in [0.717, 1.165) is 19.5 Å². The van der Waals surface area contributed by atoms with E-state index < -0.39 is 0 Å². The van der Waals surface area contributed by atoms with Crippen LogP contribution in [0.3, 0.4) is 0 Å². The molecule has 6 nitrogen and oxygen atoms in total. The molecule has 6 heteroatoms. The smallest absolute Gasteiger partial charge is 0.236 e. The van der Waals surface area contributed by atoms with E-state index in [1.165, 1.54) is 0 Å². The molecule has 0 atom stereocenters. The zero-order valence-electron chi connectivity index (χ0n) is 12.2. The summed E-state index contributed by atoms with van der Waals surface area (Å²) in [5.41, 5.74) is 0. The molecule has 0 heterocycles. The second kappa shape index (κ2) is 11.9. The maximum atomic E-state index is 12.0. The Morgan fingerprint density at radius 2 is 1.84 bits per heavy atom. The minimum Gasteiger partial charge on any atom is -0.385 e. The number of carbonyl (C=O) groups excluding carboxylic acids is 1. The van der Waals surface area contributed by atoms with Crippen LogP contribution in [-0.4, -0.2) is 76.4 Å². The molecule has 0 radical (unpaired) electrons. The zero-order valence-corrected chi connectivity index (χ0v) is 12.2. The summed E-state index contributed by atoms with van der Waals surface area (Å²) >= 11 is 0. The number of nitriles is 1. The third-order valence-electron chi connectivity index (χ3n) is 2.78. The summed E-state index contributed by atoms with van der Waals surface area (Å²) in [6.07, 6.45) is 1.25. The predicted octanol–water partition coefficient (Wildman–Crippen LogP) is 0.343. The number of likely N-dealkylation sites (N-methyl/N-ethyl adjacent to an activating group) is 1. The summed E-state index contributed by atoms with van der Waals surface area (Å²) in [7, 11) is 5.04. The Kier molecular flexibility index (Phi) is 11.2. The highest BCUT2D eigenvalue weighted by molar-refractivity contribution is 5.77. The van der Waals surface area contributed by atoms with Crippen molar-refractivity contribution in [1.82, 2.24) is 9.80 Å². The molecule has 0 aliphatic rings. The van der Waals surface area contributed by atoms with Crippen molar-refractivity contribution >= 4 is 5.91 Å². The SMILES string of the molecule is COCCCN(CCOC)CC(=O)N(C)CCC#N. The third-order valence-corrected chi connectivity index (χ3v) is 2.78. The first kappa shape index (κ1) is 17.8. The van der Waals surface area contributed by atoms with Gasteiger partial charge in [0.2, 0.25) is 5.91 Å². The summed E-state index contributed by atoms with van der Waals surface area (Å²) in [5, 5.41) is 8.51. The highest BCUT2D eigenvalue weighted by Crippen LogP contribution is 1.96. The van der Waals surface area contributed by atoms with E-state index in [1.807, 2.05) is 11.0 Å². The van der Waals surface area contributed by atoms with Crippen LogP contribution < -0.4 is 0 Å². The zero-order chi connectivity index (χ0) is 14.5. The number of ether oxygens (including phenoxy) is 2. The first-order valence-electron chi connectivity index (χ1n) is 6.46. The average molecular weight is 271 g/mol. The fraction of sp³-hybridized carbons (Fsp3) is 0.846. The Bertz CT molecular complexity index is 279. The summed E-state index contributed by atoms with van der Waals surface area (Å²) in [6.45, 7) is 3.64. The first-order chi connectivity index (χ1) is 9.15. The lowest BCUT2D eigenvalue weighted by molar-refractivity contribution is -0.131. The van der Waals surface area contributed by atoms with Crippen molar-refractivity contribution in [2.24, 2.45) is 0 Å². The van der Waals surface area contributed by atoms with Crippen molar-refractivity contribution in [1.29, 1.82) is 5.26 Å². The second-order valence-corrected chi connectivity index (χ2v) is 4.34. The molecule has 0 aromatic carbocycles. The molecule has 110 valence electrons. The summed E-state index contributed by atoms with van der Waals surface area (Å²) in [6, 6.07) is 2.04. The van der Waals surface area contributed by atoms with Crippen LogP contribution in [0, 0.1) is 11.3 Å². The molecule has 0 aromatic rings. The molecule has 0 saturated carbocycles. The van der Waals surface area contributed by atoms with Gasteiger partial charge in [-0.15, -0.1) is 0 Å². The molecule has 1 amide bonds. The van der Waals surface area contributed by atoms with Crippen LogP contribution in [0.2, 0.25) is 0 Å². The Morgan fingerprint density at radius 1 is 1.16 bits per heavy atom. The molecule has 0 unspecified atom stereocenters. The quantitative estimate of drug-likeness (QED) is 0.507. The van der Waals surface area contributed by atoms with Crippen LogP contribution in [0.15, 0.2) is 0 Å². The highest BCUT2D eigenvalue weighted by atomic mass is 16.5. The largest absolute Gasteiger partial charge is 0.385 e. The molecule has 0 saturated heterocycles. The van der Waals surface area contributed by atoms with E-state index in [9.17, 15) is 4.79 Å². The number of hydrogen-bond donors (Lipinski definition) is 0. The molecular formula is C13H25N3O3. The van der Waals surface area contributed by atoms with E-state index in [0.29, 0.717) is 32.7 Å². The first-order valence-corrected chi connectivity index (χ1v) is 6.46. The summed E-state index contributed by atoms with van der Waals surface area (Å²) in [4.78, 5) is 15.6. The Morgan fingerprint density at radius 3 is 2.42 bits per heavy atom. The molecule has 0 aliphatic carbocycles.